The number of aliphatic hydroxyl groups excluding tert-OH is 1. The molecule has 3 N–H and O–H groups in total. The minimum Gasteiger partial charge on any atom is -0.511 e. The number of aromatic carboxylic acids is 1. The lowest BCUT2D eigenvalue weighted by Gasteiger charge is -2.13. The zero-order valence-electron chi connectivity index (χ0n) is 15.3. The molecule has 25 heavy (non-hydrogen) atoms. The summed E-state index contributed by atoms with van der Waals surface area (Å²) in [6, 6.07) is 4.44. The Morgan fingerprint density at radius 1 is 1.36 bits per heavy atom. The highest BCUT2D eigenvalue weighted by atomic mass is 19.1. The van der Waals surface area contributed by atoms with Crippen LogP contribution in [0.15, 0.2) is 41.7 Å². The van der Waals surface area contributed by atoms with E-state index in [-0.39, 0.29) is 22.6 Å². The average Bonchev–Trinajstić information content (AvgIpc) is 2.55. The lowest BCUT2D eigenvalue weighted by atomic mass is 9.97. The van der Waals surface area contributed by atoms with Crippen molar-refractivity contribution in [2.75, 3.05) is 14.3 Å². The number of benzene rings is 1. The summed E-state index contributed by atoms with van der Waals surface area (Å²) in [5.74, 6) is -1.36. The van der Waals surface area contributed by atoms with Gasteiger partial charge >= 0.3 is 11.9 Å². The van der Waals surface area contributed by atoms with Crippen molar-refractivity contribution >= 4 is 11.9 Å². The fraction of sp³-hybridized carbons (Fsp3) is 0.333. The molecule has 0 bridgehead atoms. The molecular weight excluding hydrogens is 331 g/mol. The van der Waals surface area contributed by atoms with Gasteiger partial charge in [-0.1, -0.05) is 19.1 Å². The van der Waals surface area contributed by atoms with Crippen LogP contribution in [0.1, 0.15) is 30.6 Å². The van der Waals surface area contributed by atoms with Crippen molar-refractivity contribution in [3.8, 4) is 5.75 Å². The zero-order valence-corrected chi connectivity index (χ0v) is 14.3. The molecule has 2 rings (SSSR count). The molecule has 0 fully saturated rings. The largest absolute Gasteiger partial charge is 0.511 e. The molecule has 0 aliphatic heterocycles. The molecule has 0 heterocycles. The van der Waals surface area contributed by atoms with Gasteiger partial charge in [-0.3, -0.25) is 4.39 Å². The van der Waals surface area contributed by atoms with E-state index in [2.05, 4.69) is 4.74 Å². The molecule has 1 unspecified atom stereocenters. The molecule has 0 saturated carbocycles. The van der Waals surface area contributed by atoms with Crippen LogP contribution >= 0.6 is 0 Å². The zero-order chi connectivity index (χ0) is 20.3. The van der Waals surface area contributed by atoms with Gasteiger partial charge < -0.3 is 20.1 Å². The molecule has 1 atom stereocenters. The number of hydrogen-bond acceptors (Lipinski definition) is 5. The van der Waals surface area contributed by atoms with Crippen LogP contribution in [-0.2, 0) is 9.53 Å². The molecule has 1 aliphatic rings. The van der Waals surface area contributed by atoms with Crippen LogP contribution in [-0.4, -0.2) is 41.5 Å². The molecule has 0 spiro atoms. The van der Waals surface area contributed by atoms with Crippen LogP contribution in [0.3, 0.4) is 0 Å². The number of carboxylic acid groups (broad SMARTS) is 1. The number of phenols is 1. The number of alkyl halides is 1. The van der Waals surface area contributed by atoms with E-state index in [0.717, 1.165) is 5.56 Å². The first-order chi connectivity index (χ1) is 12.2. The Balaban J connectivity index is 0.000000419. The van der Waals surface area contributed by atoms with Crippen LogP contribution < -0.4 is 0 Å². The monoisotopic (exact) mass is 355 g/mol. The number of halogens is 1. The predicted octanol–water partition coefficient (Wildman–Crippen LogP) is 3.55. The number of aryl methyl sites for hydroxylation is 1. The van der Waals surface area contributed by atoms with Crippen molar-refractivity contribution in [1.29, 1.82) is 0 Å². The van der Waals surface area contributed by atoms with Gasteiger partial charge in [-0.2, -0.15) is 0 Å². The standard InChI is InChI=1S/C9H12O3.C8H8O3.CH3F/c1-6-3-4-7(8(10)5-6)9(11)12-2;1-5-2-3-6(8(10)11)7(9)4-5;1-2/h3-4,6,10H,5H2,1-2H3;2-4,9H,1H3,(H,10,11);1H3/i;;1D. The smallest absolute Gasteiger partial charge is 0.341 e. The number of aliphatic hydroxyl groups is 1. The summed E-state index contributed by atoms with van der Waals surface area (Å²) < 4.78 is 20.0. The van der Waals surface area contributed by atoms with Crippen LogP contribution in [0.25, 0.3) is 0 Å². The first-order valence-corrected chi connectivity index (χ1v) is 7.24. The third-order valence-electron chi connectivity index (χ3n) is 3.21. The van der Waals surface area contributed by atoms with E-state index >= 15 is 0 Å². The fourth-order valence-electron chi connectivity index (χ4n) is 1.96. The topological polar surface area (TPSA) is 104 Å². The van der Waals surface area contributed by atoms with Crippen LogP contribution in [0.5, 0.6) is 5.75 Å². The first-order valence-electron chi connectivity index (χ1n) is 7.95. The maximum Gasteiger partial charge on any atom is 0.341 e. The third kappa shape index (κ3) is 7.07. The van der Waals surface area contributed by atoms with Gasteiger partial charge in [0, 0.05) is 6.42 Å². The van der Waals surface area contributed by atoms with Gasteiger partial charge in [0.1, 0.15) is 17.1 Å². The molecule has 1 aromatic rings. The summed E-state index contributed by atoms with van der Waals surface area (Å²) in [6.45, 7) is 3.76. The van der Waals surface area contributed by atoms with Crippen molar-refractivity contribution in [1.82, 2.24) is 0 Å². The molecule has 1 aromatic carbocycles. The summed E-state index contributed by atoms with van der Waals surface area (Å²) in [5, 5.41) is 26.9. The molecule has 6 nitrogen and oxygen atoms in total. The summed E-state index contributed by atoms with van der Waals surface area (Å²) in [6.07, 6.45) is 4.00. The third-order valence-corrected chi connectivity index (χ3v) is 3.21. The van der Waals surface area contributed by atoms with E-state index in [1.54, 1.807) is 19.1 Å². The maximum absolute atomic E-state index is 11.0. The Labute approximate surface area is 147 Å². The number of allylic oxidation sites excluding steroid dienone is 2. The second-order valence-corrected chi connectivity index (χ2v) is 5.22. The van der Waals surface area contributed by atoms with Gasteiger partial charge in [0.2, 0.25) is 0 Å². The SMILES string of the molecule is COC(=O)C1=C(O)CC(C)C=C1.Cc1ccc(C(=O)O)c(O)c1.[2H]CF. The van der Waals surface area contributed by atoms with Crippen molar-refractivity contribution in [2.45, 2.75) is 20.3 Å². The summed E-state index contributed by atoms with van der Waals surface area (Å²) in [7, 11) is 0.300. The minimum atomic E-state index is -1.11. The number of aromatic hydroxyl groups is 1. The van der Waals surface area contributed by atoms with E-state index < -0.39 is 19.1 Å². The van der Waals surface area contributed by atoms with Crippen molar-refractivity contribution in [2.24, 2.45) is 5.92 Å². The Kier molecular flexibility index (Phi) is 8.78. The first kappa shape index (κ1) is 20.2. The molecule has 1 aliphatic carbocycles. The van der Waals surface area contributed by atoms with Crippen molar-refractivity contribution < 1.29 is 35.4 Å². The average molecular weight is 355 g/mol. The highest BCUT2D eigenvalue weighted by Crippen LogP contribution is 2.21. The van der Waals surface area contributed by atoms with Gasteiger partial charge in [-0.25, -0.2) is 9.59 Å². The van der Waals surface area contributed by atoms with Crippen molar-refractivity contribution in [3.63, 3.8) is 0 Å². The van der Waals surface area contributed by atoms with Crippen LogP contribution in [0, 0.1) is 12.8 Å². The second-order valence-electron chi connectivity index (χ2n) is 5.22. The quantitative estimate of drug-likeness (QED) is 0.701. The van der Waals surface area contributed by atoms with E-state index in [0.29, 0.717) is 12.3 Å². The van der Waals surface area contributed by atoms with E-state index in [1.165, 1.54) is 19.2 Å². The minimum absolute atomic E-state index is 0.0596. The van der Waals surface area contributed by atoms with E-state index in [9.17, 15) is 19.1 Å². The number of esters is 1. The normalized spacial score (nSPS) is 15.8. The second kappa shape index (κ2) is 10.9. The van der Waals surface area contributed by atoms with E-state index in [4.69, 9.17) is 11.6 Å². The summed E-state index contributed by atoms with van der Waals surface area (Å²) in [4.78, 5) is 21.4. The molecular formula is C18H23FO6. The van der Waals surface area contributed by atoms with Gasteiger partial charge in [-0.15, -0.1) is 0 Å². The molecule has 0 radical (unpaired) electrons. The van der Waals surface area contributed by atoms with Gasteiger partial charge in [0.05, 0.1) is 21.2 Å². The lowest BCUT2D eigenvalue weighted by molar-refractivity contribution is -0.136. The molecule has 138 valence electrons. The summed E-state index contributed by atoms with van der Waals surface area (Å²) >= 11 is 0. The van der Waals surface area contributed by atoms with E-state index in [1.807, 2.05) is 13.0 Å². The number of carbonyl (C=O) groups is 2. The predicted molar refractivity (Wildman–Crippen MR) is 91.4 cm³/mol. The van der Waals surface area contributed by atoms with Gasteiger partial charge in [0.25, 0.3) is 0 Å². The Bertz CT molecular complexity index is 684. The molecule has 7 heteroatoms. The summed E-state index contributed by atoms with van der Waals surface area (Å²) in [5.41, 5.74) is 1.05. The van der Waals surface area contributed by atoms with Crippen LogP contribution in [0.4, 0.5) is 4.39 Å². The maximum atomic E-state index is 11.0. The Morgan fingerprint density at radius 3 is 2.40 bits per heavy atom. The van der Waals surface area contributed by atoms with Gasteiger partial charge in [-0.05, 0) is 36.6 Å². The number of carboxylic acids is 1. The number of hydrogen-bond donors (Lipinski definition) is 3. The number of rotatable bonds is 2. The Hall–Kier alpha value is -2.83. The molecule has 0 saturated heterocycles. The molecule has 0 amide bonds. The van der Waals surface area contributed by atoms with Crippen molar-refractivity contribution in [3.05, 3.63) is 52.8 Å². The highest BCUT2D eigenvalue weighted by Gasteiger charge is 2.18. The number of ether oxygens (including phenoxy) is 1. The highest BCUT2D eigenvalue weighted by molar-refractivity contribution is 5.92. The van der Waals surface area contributed by atoms with Crippen LogP contribution in [0.2, 0.25) is 0 Å². The molecule has 0 aromatic heterocycles. The fourth-order valence-corrected chi connectivity index (χ4v) is 1.96. The number of methoxy groups -OCH3 is 1. The Morgan fingerprint density at radius 2 is 1.96 bits per heavy atom. The van der Waals surface area contributed by atoms with Gasteiger partial charge in [0.15, 0.2) is 0 Å². The number of carbonyl (C=O) groups excluding carboxylic acids is 1. The lowest BCUT2D eigenvalue weighted by Crippen LogP contribution is -2.11.